The van der Waals surface area contributed by atoms with E-state index in [1.165, 1.54) is 11.4 Å². The van der Waals surface area contributed by atoms with Gasteiger partial charge < -0.3 is 4.90 Å². The standard InChI is InChI=1S/C17H20ClN2/c1-19(2)15-9-5-13(6-10-15)17(18)14-7-11-16(12-8-14)20(3)4/h5-12H,1-4H3/q+1. The Hall–Kier alpha value is -1.80. The maximum atomic E-state index is 6.48. The van der Waals surface area contributed by atoms with Gasteiger partial charge in [0.15, 0.2) is 5.71 Å². The Balaban J connectivity index is 2.30. The number of benzene rings is 1. The van der Waals surface area contributed by atoms with E-state index in [0.29, 0.717) is 0 Å². The van der Waals surface area contributed by atoms with Gasteiger partial charge in [-0.05, 0) is 35.4 Å². The first-order chi connectivity index (χ1) is 9.49. The SMILES string of the molecule is CN(C)c1ccc(C(Cl)=C2C=CC(=[N+](C)C)C=C2)cc1. The van der Waals surface area contributed by atoms with Crippen LogP contribution in [0, 0.1) is 0 Å². The molecule has 0 unspecified atom stereocenters. The largest absolute Gasteiger partial charge is 0.378 e. The average Bonchev–Trinajstić information content (AvgIpc) is 2.46. The average molecular weight is 288 g/mol. The van der Waals surface area contributed by atoms with Crippen LogP contribution in [-0.2, 0) is 0 Å². The Morgan fingerprint density at radius 1 is 0.950 bits per heavy atom. The van der Waals surface area contributed by atoms with E-state index >= 15 is 0 Å². The Kier molecular flexibility index (Phi) is 4.46. The molecule has 0 bridgehead atoms. The predicted molar refractivity (Wildman–Crippen MR) is 88.9 cm³/mol. The van der Waals surface area contributed by atoms with E-state index in [2.05, 4.69) is 58.0 Å². The summed E-state index contributed by atoms with van der Waals surface area (Å²) in [6.45, 7) is 0. The van der Waals surface area contributed by atoms with Crippen LogP contribution < -0.4 is 4.90 Å². The summed E-state index contributed by atoms with van der Waals surface area (Å²) in [6.07, 6.45) is 8.26. The number of hydrogen-bond acceptors (Lipinski definition) is 1. The molecule has 0 aliphatic heterocycles. The highest BCUT2D eigenvalue weighted by Crippen LogP contribution is 2.27. The second-order valence-electron chi connectivity index (χ2n) is 5.20. The smallest absolute Gasteiger partial charge is 0.199 e. The fourth-order valence-corrected chi connectivity index (χ4v) is 2.23. The van der Waals surface area contributed by atoms with Crippen molar-refractivity contribution in [2.75, 3.05) is 33.1 Å². The molecule has 2 rings (SSSR count). The molecule has 1 aromatic carbocycles. The van der Waals surface area contributed by atoms with E-state index in [4.69, 9.17) is 11.6 Å². The fourth-order valence-electron chi connectivity index (χ4n) is 1.98. The number of nitrogens with zero attached hydrogens (tertiary/aromatic N) is 2. The van der Waals surface area contributed by atoms with Crippen LogP contribution in [0.3, 0.4) is 0 Å². The topological polar surface area (TPSA) is 6.25 Å². The van der Waals surface area contributed by atoms with Gasteiger partial charge in [-0.25, -0.2) is 4.58 Å². The lowest BCUT2D eigenvalue weighted by Gasteiger charge is -2.13. The van der Waals surface area contributed by atoms with Crippen LogP contribution in [0.1, 0.15) is 5.56 Å². The second kappa shape index (κ2) is 6.10. The van der Waals surface area contributed by atoms with Gasteiger partial charge >= 0.3 is 0 Å². The van der Waals surface area contributed by atoms with Crippen molar-refractivity contribution in [3.63, 3.8) is 0 Å². The molecule has 2 nitrogen and oxygen atoms in total. The van der Waals surface area contributed by atoms with Crippen molar-refractivity contribution in [2.24, 2.45) is 0 Å². The van der Waals surface area contributed by atoms with Crippen LogP contribution >= 0.6 is 11.6 Å². The number of allylic oxidation sites excluding steroid dienone is 5. The molecule has 0 atom stereocenters. The molecule has 3 heteroatoms. The molecule has 0 saturated heterocycles. The molecular formula is C17H20ClN2+. The molecule has 0 radical (unpaired) electrons. The van der Waals surface area contributed by atoms with Crippen LogP contribution in [-0.4, -0.2) is 38.5 Å². The van der Waals surface area contributed by atoms with Gasteiger partial charge in [-0.15, -0.1) is 0 Å². The third-order valence-electron chi connectivity index (χ3n) is 3.27. The van der Waals surface area contributed by atoms with Crippen molar-refractivity contribution in [2.45, 2.75) is 0 Å². The Morgan fingerprint density at radius 3 is 1.95 bits per heavy atom. The van der Waals surface area contributed by atoms with Crippen LogP contribution in [0.5, 0.6) is 0 Å². The lowest BCUT2D eigenvalue weighted by Crippen LogP contribution is -2.09. The Morgan fingerprint density at radius 2 is 1.50 bits per heavy atom. The van der Waals surface area contributed by atoms with E-state index in [0.717, 1.165) is 16.2 Å². The predicted octanol–water partition coefficient (Wildman–Crippen LogP) is 3.54. The summed E-state index contributed by atoms with van der Waals surface area (Å²) in [6, 6.07) is 8.26. The quantitative estimate of drug-likeness (QED) is 0.754. The third kappa shape index (κ3) is 3.20. The molecule has 1 aromatic rings. The van der Waals surface area contributed by atoms with Gasteiger partial charge in [-0.3, -0.25) is 0 Å². The zero-order valence-corrected chi connectivity index (χ0v) is 13.1. The summed E-state index contributed by atoms with van der Waals surface area (Å²) in [5.74, 6) is 0. The van der Waals surface area contributed by atoms with Crippen LogP contribution in [0.4, 0.5) is 5.69 Å². The number of halogens is 1. The van der Waals surface area contributed by atoms with Crippen molar-refractivity contribution in [1.29, 1.82) is 0 Å². The lowest BCUT2D eigenvalue weighted by molar-refractivity contribution is -0.462. The lowest BCUT2D eigenvalue weighted by atomic mass is 10.0. The van der Waals surface area contributed by atoms with Crippen molar-refractivity contribution in [3.8, 4) is 0 Å². The van der Waals surface area contributed by atoms with Crippen LogP contribution in [0.2, 0.25) is 0 Å². The van der Waals surface area contributed by atoms with E-state index in [-0.39, 0.29) is 0 Å². The van der Waals surface area contributed by atoms with Gasteiger partial charge in [-0.2, -0.15) is 0 Å². The molecule has 1 aliphatic rings. The van der Waals surface area contributed by atoms with Gasteiger partial charge in [0.1, 0.15) is 14.1 Å². The molecule has 0 heterocycles. The summed E-state index contributed by atoms with van der Waals surface area (Å²) in [5.41, 5.74) is 4.41. The van der Waals surface area contributed by atoms with Crippen molar-refractivity contribution >= 4 is 28.0 Å². The van der Waals surface area contributed by atoms with Crippen molar-refractivity contribution < 1.29 is 4.58 Å². The number of rotatable bonds is 2. The number of hydrogen-bond donors (Lipinski definition) is 0. The monoisotopic (exact) mass is 287 g/mol. The molecule has 0 spiro atoms. The van der Waals surface area contributed by atoms with Crippen LogP contribution in [0.25, 0.3) is 5.03 Å². The van der Waals surface area contributed by atoms with Gasteiger partial charge in [0.25, 0.3) is 0 Å². The molecule has 104 valence electrons. The fraction of sp³-hybridized carbons (Fsp3) is 0.235. The minimum absolute atomic E-state index is 0.778. The summed E-state index contributed by atoms with van der Waals surface area (Å²) in [7, 11) is 8.11. The maximum absolute atomic E-state index is 6.48. The molecule has 1 aliphatic carbocycles. The third-order valence-corrected chi connectivity index (χ3v) is 3.71. The van der Waals surface area contributed by atoms with E-state index < -0.39 is 0 Å². The minimum atomic E-state index is 0.778. The number of anilines is 1. The van der Waals surface area contributed by atoms with Crippen molar-refractivity contribution in [3.05, 3.63) is 59.7 Å². The molecule has 0 aromatic heterocycles. The summed E-state index contributed by atoms with van der Waals surface area (Å²) in [5, 5.41) is 0.778. The highest BCUT2D eigenvalue weighted by molar-refractivity contribution is 6.49. The molecule has 0 fully saturated rings. The summed E-state index contributed by atoms with van der Waals surface area (Å²) in [4.78, 5) is 2.07. The van der Waals surface area contributed by atoms with E-state index in [1.807, 2.05) is 28.2 Å². The van der Waals surface area contributed by atoms with Crippen molar-refractivity contribution in [1.82, 2.24) is 0 Å². The zero-order valence-electron chi connectivity index (χ0n) is 12.4. The molecule has 0 N–H and O–H groups in total. The van der Waals surface area contributed by atoms with Crippen LogP contribution in [0.15, 0.2) is 54.1 Å². The first-order valence-corrected chi connectivity index (χ1v) is 6.95. The first kappa shape index (κ1) is 14.6. The van der Waals surface area contributed by atoms with E-state index in [1.54, 1.807) is 0 Å². The van der Waals surface area contributed by atoms with Gasteiger partial charge in [0, 0.05) is 31.9 Å². The molecule has 0 amide bonds. The second-order valence-corrected chi connectivity index (χ2v) is 5.57. The van der Waals surface area contributed by atoms with Gasteiger partial charge in [-0.1, -0.05) is 23.7 Å². The first-order valence-electron chi connectivity index (χ1n) is 6.57. The van der Waals surface area contributed by atoms with E-state index in [9.17, 15) is 0 Å². The minimum Gasteiger partial charge on any atom is -0.378 e. The van der Waals surface area contributed by atoms with Gasteiger partial charge in [0.2, 0.25) is 0 Å². The van der Waals surface area contributed by atoms with Gasteiger partial charge in [0.05, 0.1) is 5.03 Å². The highest BCUT2D eigenvalue weighted by Gasteiger charge is 2.09. The molecule has 20 heavy (non-hydrogen) atoms. The normalized spacial score (nSPS) is 13.7. The summed E-state index contributed by atoms with van der Waals surface area (Å²) < 4.78 is 2.07. The zero-order chi connectivity index (χ0) is 14.7. The summed E-state index contributed by atoms with van der Waals surface area (Å²) >= 11 is 6.48. The Labute approximate surface area is 126 Å². The molecular weight excluding hydrogens is 268 g/mol. The Bertz CT molecular complexity index is 595. The maximum Gasteiger partial charge on any atom is 0.199 e. The highest BCUT2D eigenvalue weighted by atomic mass is 35.5. The molecule has 0 saturated carbocycles.